The van der Waals surface area contributed by atoms with Crippen LogP contribution in [-0.2, 0) is 11.3 Å². The zero-order chi connectivity index (χ0) is 16.8. The lowest BCUT2D eigenvalue weighted by Crippen LogP contribution is -2.19. The monoisotopic (exact) mass is 311 g/mol. The number of benzene rings is 2. The molecule has 0 aromatic heterocycles. The summed E-state index contributed by atoms with van der Waals surface area (Å²) < 4.78 is 0. The normalized spacial score (nSPS) is 9.96. The van der Waals surface area contributed by atoms with Crippen molar-refractivity contribution < 1.29 is 14.4 Å². The largest absolute Gasteiger partial charge is 0.366 e. The smallest absolute Gasteiger partial charge is 0.255 e. The Hall–Kier alpha value is -3.15. The molecule has 0 radical (unpaired) electrons. The summed E-state index contributed by atoms with van der Waals surface area (Å²) in [5.74, 6) is -1.06. The highest BCUT2D eigenvalue weighted by Crippen LogP contribution is 2.16. The molecule has 0 saturated heterocycles. The van der Waals surface area contributed by atoms with Crippen LogP contribution in [0.15, 0.2) is 48.5 Å². The standard InChI is InChI=1S/C17H17N3O3/c1-11(21)19-10-12-6-8-13(9-7-12)17(23)20-15-5-3-2-4-14(15)16(18)22/h2-9H,10H2,1H3,(H2,18,22)(H,19,21)(H,20,23). The second kappa shape index (κ2) is 7.22. The Bertz CT molecular complexity index is 739. The molecular formula is C17H17N3O3. The van der Waals surface area contributed by atoms with Crippen molar-refractivity contribution in [3.8, 4) is 0 Å². The molecule has 0 atom stereocenters. The van der Waals surface area contributed by atoms with Gasteiger partial charge in [0.2, 0.25) is 5.91 Å². The first-order valence-corrected chi connectivity index (χ1v) is 7.01. The number of hydrogen-bond acceptors (Lipinski definition) is 3. The number of nitrogens with two attached hydrogens (primary N) is 1. The number of anilines is 1. The molecule has 0 bridgehead atoms. The quantitative estimate of drug-likeness (QED) is 0.783. The molecule has 6 nitrogen and oxygen atoms in total. The molecule has 0 spiro atoms. The fourth-order valence-electron chi connectivity index (χ4n) is 2.00. The molecule has 0 aliphatic carbocycles. The Labute approximate surface area is 133 Å². The van der Waals surface area contributed by atoms with Gasteiger partial charge >= 0.3 is 0 Å². The SMILES string of the molecule is CC(=O)NCc1ccc(C(=O)Nc2ccccc2C(N)=O)cc1. The average molecular weight is 311 g/mol. The molecule has 3 amide bonds. The average Bonchev–Trinajstić information content (AvgIpc) is 2.53. The van der Waals surface area contributed by atoms with Gasteiger partial charge in [-0.3, -0.25) is 14.4 Å². The molecule has 4 N–H and O–H groups in total. The maximum Gasteiger partial charge on any atom is 0.255 e. The third kappa shape index (κ3) is 4.41. The Morgan fingerprint density at radius 3 is 2.26 bits per heavy atom. The van der Waals surface area contributed by atoms with Crippen molar-refractivity contribution in [2.75, 3.05) is 5.32 Å². The van der Waals surface area contributed by atoms with E-state index in [1.807, 2.05) is 0 Å². The number of amides is 3. The van der Waals surface area contributed by atoms with E-state index in [1.165, 1.54) is 6.92 Å². The molecule has 2 aromatic rings. The molecule has 0 aliphatic rings. The van der Waals surface area contributed by atoms with Crippen molar-refractivity contribution in [2.24, 2.45) is 5.73 Å². The zero-order valence-electron chi connectivity index (χ0n) is 12.6. The minimum absolute atomic E-state index is 0.116. The summed E-state index contributed by atoms with van der Waals surface area (Å²) in [6.07, 6.45) is 0. The number of nitrogens with one attached hydrogen (secondary N) is 2. The highest BCUT2D eigenvalue weighted by Gasteiger charge is 2.11. The lowest BCUT2D eigenvalue weighted by atomic mass is 10.1. The van der Waals surface area contributed by atoms with Gasteiger partial charge in [0.1, 0.15) is 0 Å². The van der Waals surface area contributed by atoms with Crippen LogP contribution < -0.4 is 16.4 Å². The van der Waals surface area contributed by atoms with Gasteiger partial charge in [-0.05, 0) is 29.8 Å². The predicted molar refractivity (Wildman–Crippen MR) is 86.9 cm³/mol. The first kappa shape index (κ1) is 16.2. The number of carbonyl (C=O) groups is 3. The fraction of sp³-hybridized carbons (Fsp3) is 0.118. The van der Waals surface area contributed by atoms with Crippen molar-refractivity contribution in [1.29, 1.82) is 0 Å². The van der Waals surface area contributed by atoms with Gasteiger partial charge in [0.15, 0.2) is 0 Å². The third-order valence-corrected chi connectivity index (χ3v) is 3.20. The molecule has 6 heteroatoms. The van der Waals surface area contributed by atoms with Gasteiger partial charge in [-0.15, -0.1) is 0 Å². The lowest BCUT2D eigenvalue weighted by Gasteiger charge is -2.09. The van der Waals surface area contributed by atoms with Crippen LogP contribution in [0.2, 0.25) is 0 Å². The topological polar surface area (TPSA) is 101 Å². The molecule has 0 heterocycles. The predicted octanol–water partition coefficient (Wildman–Crippen LogP) is 1.67. The Balaban J connectivity index is 2.09. The van der Waals surface area contributed by atoms with Gasteiger partial charge in [-0.25, -0.2) is 0 Å². The van der Waals surface area contributed by atoms with E-state index in [0.717, 1.165) is 5.56 Å². The van der Waals surface area contributed by atoms with Crippen LogP contribution in [0.4, 0.5) is 5.69 Å². The Morgan fingerprint density at radius 2 is 1.65 bits per heavy atom. The van der Waals surface area contributed by atoms with Crippen LogP contribution >= 0.6 is 0 Å². The molecule has 0 unspecified atom stereocenters. The van der Waals surface area contributed by atoms with Crippen LogP contribution in [0.5, 0.6) is 0 Å². The second-order valence-electron chi connectivity index (χ2n) is 4.97. The van der Waals surface area contributed by atoms with Gasteiger partial charge in [0.25, 0.3) is 11.8 Å². The van der Waals surface area contributed by atoms with Gasteiger partial charge in [-0.2, -0.15) is 0 Å². The third-order valence-electron chi connectivity index (χ3n) is 3.20. The van der Waals surface area contributed by atoms with Gasteiger partial charge in [0.05, 0.1) is 11.3 Å². The summed E-state index contributed by atoms with van der Waals surface area (Å²) in [5.41, 5.74) is 7.23. The number of primary amides is 1. The minimum Gasteiger partial charge on any atom is -0.366 e. The van der Waals surface area contributed by atoms with E-state index in [4.69, 9.17) is 5.73 Å². The summed E-state index contributed by atoms with van der Waals surface area (Å²) in [6.45, 7) is 1.85. The van der Waals surface area contributed by atoms with Crippen molar-refractivity contribution in [3.05, 3.63) is 65.2 Å². The zero-order valence-corrected chi connectivity index (χ0v) is 12.6. The number of carbonyl (C=O) groups excluding carboxylic acids is 3. The Morgan fingerprint density at radius 1 is 1.00 bits per heavy atom. The molecule has 0 saturated carbocycles. The van der Waals surface area contributed by atoms with Crippen LogP contribution in [0, 0.1) is 0 Å². The van der Waals surface area contributed by atoms with E-state index in [1.54, 1.807) is 48.5 Å². The fourth-order valence-corrected chi connectivity index (χ4v) is 2.00. The summed E-state index contributed by atoms with van der Waals surface area (Å²) in [5, 5.41) is 5.35. The van der Waals surface area contributed by atoms with Crippen LogP contribution in [0.3, 0.4) is 0 Å². The minimum atomic E-state index is -0.605. The van der Waals surface area contributed by atoms with E-state index in [0.29, 0.717) is 17.8 Å². The second-order valence-corrected chi connectivity index (χ2v) is 4.97. The van der Waals surface area contributed by atoms with Crippen molar-refractivity contribution in [3.63, 3.8) is 0 Å². The maximum absolute atomic E-state index is 12.2. The number of rotatable bonds is 5. The summed E-state index contributed by atoms with van der Waals surface area (Å²) >= 11 is 0. The molecule has 0 aliphatic heterocycles. The summed E-state index contributed by atoms with van der Waals surface area (Å²) in [7, 11) is 0. The number of hydrogen-bond donors (Lipinski definition) is 3. The summed E-state index contributed by atoms with van der Waals surface area (Å²) in [4.78, 5) is 34.5. The number of para-hydroxylation sites is 1. The highest BCUT2D eigenvalue weighted by atomic mass is 16.2. The Kier molecular flexibility index (Phi) is 5.09. The van der Waals surface area contributed by atoms with Crippen LogP contribution in [-0.4, -0.2) is 17.7 Å². The van der Waals surface area contributed by atoms with E-state index in [2.05, 4.69) is 10.6 Å². The van der Waals surface area contributed by atoms with E-state index in [9.17, 15) is 14.4 Å². The van der Waals surface area contributed by atoms with E-state index >= 15 is 0 Å². The van der Waals surface area contributed by atoms with Crippen molar-refractivity contribution in [2.45, 2.75) is 13.5 Å². The maximum atomic E-state index is 12.2. The molecule has 2 aromatic carbocycles. The molecular weight excluding hydrogens is 294 g/mol. The first-order chi connectivity index (χ1) is 11.0. The highest BCUT2D eigenvalue weighted by molar-refractivity contribution is 6.08. The van der Waals surface area contributed by atoms with Crippen LogP contribution in [0.25, 0.3) is 0 Å². The lowest BCUT2D eigenvalue weighted by molar-refractivity contribution is -0.119. The van der Waals surface area contributed by atoms with E-state index < -0.39 is 5.91 Å². The van der Waals surface area contributed by atoms with Gasteiger partial charge < -0.3 is 16.4 Å². The molecule has 118 valence electrons. The molecule has 23 heavy (non-hydrogen) atoms. The summed E-state index contributed by atoms with van der Waals surface area (Å²) in [6, 6.07) is 13.4. The van der Waals surface area contributed by atoms with Crippen molar-refractivity contribution >= 4 is 23.4 Å². The van der Waals surface area contributed by atoms with Crippen LogP contribution in [0.1, 0.15) is 33.2 Å². The first-order valence-electron chi connectivity index (χ1n) is 7.01. The van der Waals surface area contributed by atoms with E-state index in [-0.39, 0.29) is 17.4 Å². The molecule has 2 rings (SSSR count). The molecule has 0 fully saturated rings. The van der Waals surface area contributed by atoms with Gasteiger partial charge in [-0.1, -0.05) is 24.3 Å². The van der Waals surface area contributed by atoms with Crippen molar-refractivity contribution in [1.82, 2.24) is 5.32 Å². The van der Waals surface area contributed by atoms with Gasteiger partial charge in [0, 0.05) is 19.0 Å².